The molecule has 4 N–H and O–H groups in total. The highest BCUT2D eigenvalue weighted by molar-refractivity contribution is 5.91. The first-order valence-electron chi connectivity index (χ1n) is 6.65. The van der Waals surface area contributed by atoms with Crippen LogP contribution >= 0.6 is 0 Å². The molecule has 1 amide bonds. The molecule has 0 aliphatic heterocycles. The van der Waals surface area contributed by atoms with E-state index in [9.17, 15) is 9.59 Å². The third kappa shape index (κ3) is 3.32. The third-order valence-electron chi connectivity index (χ3n) is 3.69. The van der Waals surface area contributed by atoms with Gasteiger partial charge in [-0.3, -0.25) is 14.3 Å². The average molecular weight is 281 g/mol. The Labute approximate surface area is 116 Å². The summed E-state index contributed by atoms with van der Waals surface area (Å²) in [6.07, 6.45) is 4.30. The number of nitrogens with two attached hydrogens (primary N) is 1. The molecule has 20 heavy (non-hydrogen) atoms. The Bertz CT molecular complexity index is 495. The molecule has 110 valence electrons. The maximum Gasteiger partial charge on any atom is 0.303 e. The maximum absolute atomic E-state index is 11.9. The number of nitrogens with zero attached hydrogens (tertiary/aromatic N) is 3. The van der Waals surface area contributed by atoms with E-state index >= 15 is 0 Å². The van der Waals surface area contributed by atoms with E-state index in [1.165, 1.54) is 10.9 Å². The fraction of sp³-hybridized carbons (Fsp3) is 0.667. The average Bonchev–Trinajstić information content (AvgIpc) is 2.81. The van der Waals surface area contributed by atoms with E-state index in [0.29, 0.717) is 19.6 Å². The van der Waals surface area contributed by atoms with Gasteiger partial charge in [0.1, 0.15) is 0 Å². The highest BCUT2D eigenvalue weighted by atomic mass is 16.4. The monoisotopic (exact) mass is 281 g/mol. The maximum atomic E-state index is 11.9. The minimum absolute atomic E-state index is 0.0904. The lowest BCUT2D eigenvalue weighted by atomic mass is 9.66. The molecule has 2 rings (SSSR count). The zero-order chi connectivity index (χ0) is 14.6. The zero-order valence-electron chi connectivity index (χ0n) is 11.2. The summed E-state index contributed by atoms with van der Waals surface area (Å²) in [4.78, 5) is 22.8. The van der Waals surface area contributed by atoms with Gasteiger partial charge in [-0.25, -0.2) is 0 Å². The van der Waals surface area contributed by atoms with Crippen LogP contribution in [0.3, 0.4) is 0 Å². The van der Waals surface area contributed by atoms with E-state index in [2.05, 4.69) is 15.6 Å². The van der Waals surface area contributed by atoms with Gasteiger partial charge in [-0.1, -0.05) is 11.6 Å². The summed E-state index contributed by atoms with van der Waals surface area (Å²) in [5, 5.41) is 19.2. The molecule has 1 aromatic heterocycles. The summed E-state index contributed by atoms with van der Waals surface area (Å²) < 4.78 is 1.51. The van der Waals surface area contributed by atoms with Crippen LogP contribution in [0, 0.1) is 5.41 Å². The van der Waals surface area contributed by atoms with Crippen molar-refractivity contribution in [2.45, 2.75) is 32.2 Å². The van der Waals surface area contributed by atoms with Crippen LogP contribution in [0.25, 0.3) is 0 Å². The molecule has 1 aliphatic carbocycles. The van der Waals surface area contributed by atoms with E-state index in [1.807, 2.05) is 0 Å². The number of carbonyl (C=O) groups is 2. The van der Waals surface area contributed by atoms with Gasteiger partial charge < -0.3 is 16.2 Å². The van der Waals surface area contributed by atoms with Crippen molar-refractivity contribution >= 4 is 11.9 Å². The van der Waals surface area contributed by atoms with Crippen LogP contribution in [-0.2, 0) is 11.3 Å². The number of hydrogen-bond acceptors (Lipinski definition) is 5. The van der Waals surface area contributed by atoms with Crippen molar-refractivity contribution in [1.29, 1.82) is 0 Å². The van der Waals surface area contributed by atoms with Crippen LogP contribution in [0.4, 0.5) is 0 Å². The Balaban J connectivity index is 1.89. The molecule has 8 heteroatoms. The van der Waals surface area contributed by atoms with Crippen molar-refractivity contribution in [1.82, 2.24) is 20.3 Å². The molecule has 1 fully saturated rings. The van der Waals surface area contributed by atoms with Crippen molar-refractivity contribution in [3.8, 4) is 0 Å². The number of carbonyl (C=O) groups excluding carboxylic acids is 1. The van der Waals surface area contributed by atoms with Gasteiger partial charge in [0.05, 0.1) is 19.2 Å². The van der Waals surface area contributed by atoms with Gasteiger partial charge in [-0.2, -0.15) is 0 Å². The number of nitrogens with one attached hydrogen (secondary N) is 1. The Morgan fingerprint density at radius 2 is 2.25 bits per heavy atom. The minimum atomic E-state index is -0.826. The van der Waals surface area contributed by atoms with Crippen LogP contribution in [-0.4, -0.2) is 45.1 Å². The Morgan fingerprint density at radius 3 is 2.80 bits per heavy atom. The van der Waals surface area contributed by atoms with Crippen LogP contribution < -0.4 is 11.1 Å². The van der Waals surface area contributed by atoms with Gasteiger partial charge in [0.15, 0.2) is 5.69 Å². The molecule has 1 aromatic rings. The Kier molecular flexibility index (Phi) is 4.33. The van der Waals surface area contributed by atoms with Crippen molar-refractivity contribution in [3.63, 3.8) is 0 Å². The van der Waals surface area contributed by atoms with Gasteiger partial charge in [-0.05, 0) is 18.3 Å². The number of aliphatic carboxylic acids is 1. The summed E-state index contributed by atoms with van der Waals surface area (Å²) >= 11 is 0. The molecular formula is C12H19N5O3. The largest absolute Gasteiger partial charge is 0.481 e. The minimum Gasteiger partial charge on any atom is -0.481 e. The molecule has 0 bridgehead atoms. The number of carboxylic acids is 1. The van der Waals surface area contributed by atoms with Gasteiger partial charge >= 0.3 is 5.97 Å². The third-order valence-corrected chi connectivity index (χ3v) is 3.69. The zero-order valence-corrected chi connectivity index (χ0v) is 11.2. The highest BCUT2D eigenvalue weighted by Gasteiger charge is 2.39. The summed E-state index contributed by atoms with van der Waals surface area (Å²) in [5.41, 5.74) is 5.32. The van der Waals surface area contributed by atoms with E-state index in [4.69, 9.17) is 10.8 Å². The molecule has 0 saturated heterocycles. The second kappa shape index (κ2) is 6.00. The predicted octanol–water partition coefficient (Wildman–Crippen LogP) is -0.388. The molecule has 1 heterocycles. The van der Waals surface area contributed by atoms with Gasteiger partial charge in [0, 0.05) is 13.1 Å². The van der Waals surface area contributed by atoms with Crippen LogP contribution in [0.15, 0.2) is 6.20 Å². The molecule has 1 saturated carbocycles. The first-order valence-corrected chi connectivity index (χ1v) is 6.65. The first-order chi connectivity index (χ1) is 9.54. The molecule has 0 unspecified atom stereocenters. The SMILES string of the molecule is NCCn1cc(C(=O)NCC2(CC(=O)O)CCC2)nn1. The number of carboxylic acid groups (broad SMARTS) is 1. The molecule has 8 nitrogen and oxygen atoms in total. The lowest BCUT2D eigenvalue weighted by Crippen LogP contribution is -2.43. The molecule has 0 atom stereocenters. The summed E-state index contributed by atoms with van der Waals surface area (Å²) in [6.45, 7) is 1.29. The van der Waals surface area contributed by atoms with E-state index in [1.54, 1.807) is 0 Å². The van der Waals surface area contributed by atoms with Crippen molar-refractivity contribution in [2.24, 2.45) is 11.1 Å². The lowest BCUT2D eigenvalue weighted by molar-refractivity contribution is -0.141. The Morgan fingerprint density at radius 1 is 1.50 bits per heavy atom. The van der Waals surface area contributed by atoms with Crippen molar-refractivity contribution in [3.05, 3.63) is 11.9 Å². The number of hydrogen-bond donors (Lipinski definition) is 3. The molecule has 0 radical (unpaired) electrons. The van der Waals surface area contributed by atoms with Crippen molar-refractivity contribution < 1.29 is 14.7 Å². The molecular weight excluding hydrogens is 262 g/mol. The van der Waals surface area contributed by atoms with Crippen LogP contribution in [0.5, 0.6) is 0 Å². The topological polar surface area (TPSA) is 123 Å². The molecule has 1 aliphatic rings. The summed E-state index contributed by atoms with van der Waals surface area (Å²) in [7, 11) is 0. The summed E-state index contributed by atoms with van der Waals surface area (Å²) in [5.74, 6) is -1.15. The first kappa shape index (κ1) is 14.4. The lowest BCUT2D eigenvalue weighted by Gasteiger charge is -2.40. The van der Waals surface area contributed by atoms with E-state index in [0.717, 1.165) is 19.3 Å². The number of rotatable bonds is 7. The predicted molar refractivity (Wildman–Crippen MR) is 69.9 cm³/mol. The standard InChI is InChI=1S/C12H19N5O3/c13-4-5-17-7-9(15-16-17)11(20)14-8-12(2-1-3-12)6-10(18)19/h7H,1-6,8,13H2,(H,14,20)(H,18,19). The van der Waals surface area contributed by atoms with E-state index < -0.39 is 5.97 Å². The fourth-order valence-electron chi connectivity index (χ4n) is 2.42. The van der Waals surface area contributed by atoms with Gasteiger partial charge in [-0.15, -0.1) is 5.10 Å². The fourth-order valence-corrected chi connectivity index (χ4v) is 2.42. The van der Waals surface area contributed by atoms with Gasteiger partial charge in [0.25, 0.3) is 5.91 Å². The number of aromatic nitrogens is 3. The molecule has 0 aromatic carbocycles. The van der Waals surface area contributed by atoms with Crippen LogP contribution in [0.1, 0.15) is 36.2 Å². The summed E-state index contributed by atoms with van der Waals surface area (Å²) in [6, 6.07) is 0. The molecule has 0 spiro atoms. The van der Waals surface area contributed by atoms with Crippen LogP contribution in [0.2, 0.25) is 0 Å². The normalized spacial score (nSPS) is 16.4. The van der Waals surface area contributed by atoms with E-state index in [-0.39, 0.29) is 23.4 Å². The number of amides is 1. The van der Waals surface area contributed by atoms with Gasteiger partial charge in [0.2, 0.25) is 0 Å². The highest BCUT2D eigenvalue weighted by Crippen LogP contribution is 2.43. The smallest absolute Gasteiger partial charge is 0.303 e. The van der Waals surface area contributed by atoms with Crippen molar-refractivity contribution in [2.75, 3.05) is 13.1 Å². The second-order valence-electron chi connectivity index (χ2n) is 5.26. The second-order valence-corrected chi connectivity index (χ2v) is 5.26. The quantitative estimate of drug-likeness (QED) is 0.625. The Hall–Kier alpha value is -1.96.